The lowest BCUT2D eigenvalue weighted by Crippen LogP contribution is -2.28. The predicted octanol–water partition coefficient (Wildman–Crippen LogP) is 0.118. The van der Waals surface area contributed by atoms with Crippen LogP contribution in [0.4, 0.5) is 0 Å². The molecular formula is C11H20N4O2S. The van der Waals surface area contributed by atoms with E-state index < -0.39 is 10.0 Å². The highest BCUT2D eigenvalue weighted by Crippen LogP contribution is 2.27. The van der Waals surface area contributed by atoms with E-state index >= 15 is 0 Å². The van der Waals surface area contributed by atoms with Gasteiger partial charge in [0.1, 0.15) is 4.90 Å². The Morgan fingerprint density at radius 3 is 2.56 bits per heavy atom. The van der Waals surface area contributed by atoms with Crippen molar-refractivity contribution in [2.24, 2.45) is 17.6 Å². The first-order chi connectivity index (χ1) is 8.45. The molecule has 18 heavy (non-hydrogen) atoms. The van der Waals surface area contributed by atoms with E-state index in [0.29, 0.717) is 38.0 Å². The number of hydrogen-bond acceptors (Lipinski definition) is 4. The van der Waals surface area contributed by atoms with E-state index in [1.54, 1.807) is 15.2 Å². The molecule has 6 nitrogen and oxygen atoms in total. The second-order valence-electron chi connectivity index (χ2n) is 5.00. The first kappa shape index (κ1) is 13.5. The number of sulfonamides is 1. The second kappa shape index (κ2) is 4.99. The summed E-state index contributed by atoms with van der Waals surface area (Å²) in [4.78, 5) is 0.261. The fourth-order valence-electron chi connectivity index (χ4n) is 2.15. The third-order valence-electron chi connectivity index (χ3n) is 3.56. The van der Waals surface area contributed by atoms with Crippen LogP contribution in [0.3, 0.4) is 0 Å². The second-order valence-corrected chi connectivity index (χ2v) is 6.94. The smallest absolute Gasteiger partial charge is 0.246 e. The van der Waals surface area contributed by atoms with Gasteiger partial charge < -0.3 is 5.73 Å². The molecule has 0 saturated carbocycles. The van der Waals surface area contributed by atoms with Crippen molar-refractivity contribution in [1.29, 1.82) is 0 Å². The molecule has 1 fully saturated rings. The van der Waals surface area contributed by atoms with Crippen molar-refractivity contribution < 1.29 is 8.42 Å². The zero-order chi connectivity index (χ0) is 13.3. The molecule has 0 amide bonds. The average molecular weight is 272 g/mol. The zero-order valence-electron chi connectivity index (χ0n) is 10.8. The summed E-state index contributed by atoms with van der Waals surface area (Å²) in [6.45, 7) is 6.31. The van der Waals surface area contributed by atoms with Crippen LogP contribution >= 0.6 is 0 Å². The molecular weight excluding hydrogens is 252 g/mol. The van der Waals surface area contributed by atoms with Crippen LogP contribution in [0, 0.1) is 11.8 Å². The van der Waals surface area contributed by atoms with Gasteiger partial charge >= 0.3 is 0 Å². The summed E-state index contributed by atoms with van der Waals surface area (Å²) >= 11 is 0. The molecule has 2 heterocycles. The molecule has 1 aromatic rings. The van der Waals surface area contributed by atoms with E-state index in [1.807, 2.05) is 0 Å². The van der Waals surface area contributed by atoms with E-state index in [1.165, 1.54) is 6.20 Å². The summed E-state index contributed by atoms with van der Waals surface area (Å²) in [5.74, 6) is 0.803. The highest BCUT2D eigenvalue weighted by atomic mass is 32.2. The lowest BCUT2D eigenvalue weighted by Gasteiger charge is -2.14. The van der Waals surface area contributed by atoms with Gasteiger partial charge in [0.2, 0.25) is 10.0 Å². The molecule has 0 aliphatic carbocycles. The Labute approximate surface area is 108 Å². The molecule has 1 aromatic heterocycles. The van der Waals surface area contributed by atoms with Crippen molar-refractivity contribution in [3.8, 4) is 0 Å². The molecule has 2 N–H and O–H groups in total. The van der Waals surface area contributed by atoms with Gasteiger partial charge in [0.15, 0.2) is 0 Å². The highest BCUT2D eigenvalue weighted by molar-refractivity contribution is 7.89. The summed E-state index contributed by atoms with van der Waals surface area (Å²) in [5.41, 5.74) is 5.42. The van der Waals surface area contributed by atoms with Crippen molar-refractivity contribution in [3.05, 3.63) is 12.4 Å². The molecule has 0 aromatic carbocycles. The van der Waals surface area contributed by atoms with Crippen LogP contribution in [0.1, 0.15) is 13.8 Å². The minimum Gasteiger partial charge on any atom is -0.329 e. The molecule has 1 aliphatic rings. The number of nitrogens with zero attached hydrogens (tertiary/aromatic N) is 3. The first-order valence-electron chi connectivity index (χ1n) is 6.18. The molecule has 0 bridgehead atoms. The van der Waals surface area contributed by atoms with Crippen LogP contribution in [0.5, 0.6) is 0 Å². The highest BCUT2D eigenvalue weighted by Gasteiger charge is 2.35. The minimum absolute atomic E-state index is 0.261. The topological polar surface area (TPSA) is 81.2 Å². The van der Waals surface area contributed by atoms with E-state index in [0.717, 1.165) is 0 Å². The van der Waals surface area contributed by atoms with Crippen molar-refractivity contribution in [3.63, 3.8) is 0 Å². The van der Waals surface area contributed by atoms with E-state index in [4.69, 9.17) is 5.73 Å². The van der Waals surface area contributed by atoms with Gasteiger partial charge in [0, 0.05) is 25.8 Å². The van der Waals surface area contributed by atoms with Gasteiger partial charge in [-0.05, 0) is 11.8 Å². The van der Waals surface area contributed by atoms with Gasteiger partial charge in [0.05, 0.1) is 12.7 Å². The van der Waals surface area contributed by atoms with Gasteiger partial charge in [0.25, 0.3) is 0 Å². The van der Waals surface area contributed by atoms with Crippen LogP contribution in [0.25, 0.3) is 0 Å². The molecule has 2 rings (SSSR count). The maximum Gasteiger partial charge on any atom is 0.246 e. The Bertz CT molecular complexity index is 501. The van der Waals surface area contributed by atoms with Gasteiger partial charge in [-0.25, -0.2) is 8.42 Å². The third kappa shape index (κ3) is 2.43. The predicted molar refractivity (Wildman–Crippen MR) is 68.4 cm³/mol. The number of nitrogens with two attached hydrogens (primary N) is 1. The molecule has 7 heteroatoms. The summed E-state index contributed by atoms with van der Waals surface area (Å²) < 4.78 is 27.9. The van der Waals surface area contributed by atoms with Crippen molar-refractivity contribution >= 4 is 10.0 Å². The van der Waals surface area contributed by atoms with Crippen molar-refractivity contribution in [1.82, 2.24) is 14.1 Å². The normalized spacial score (nSPS) is 25.7. The third-order valence-corrected chi connectivity index (χ3v) is 5.34. The summed E-state index contributed by atoms with van der Waals surface area (Å²) in [7, 11) is -3.39. The number of rotatable bonds is 4. The fourth-order valence-corrected chi connectivity index (χ4v) is 3.75. The number of hydrogen-bond donors (Lipinski definition) is 1. The molecule has 2 unspecified atom stereocenters. The lowest BCUT2D eigenvalue weighted by atomic mass is 10.0. The molecule has 1 saturated heterocycles. The Kier molecular flexibility index (Phi) is 3.74. The summed E-state index contributed by atoms with van der Waals surface area (Å²) in [6, 6.07) is 0. The maximum absolute atomic E-state index is 12.4. The van der Waals surface area contributed by atoms with E-state index in [-0.39, 0.29) is 4.90 Å². The molecule has 0 spiro atoms. The quantitative estimate of drug-likeness (QED) is 0.844. The van der Waals surface area contributed by atoms with Crippen LogP contribution in [-0.4, -0.2) is 42.1 Å². The van der Waals surface area contributed by atoms with Gasteiger partial charge in [-0.1, -0.05) is 13.8 Å². The van der Waals surface area contributed by atoms with E-state index in [9.17, 15) is 8.42 Å². The molecule has 102 valence electrons. The zero-order valence-corrected chi connectivity index (χ0v) is 11.6. The standard InChI is InChI=1S/C11H20N4O2S/c1-9-6-15(7-10(9)2)18(16,17)11-5-13-14(8-11)4-3-12/h5,8-10H,3-4,6-7,12H2,1-2H3. The van der Waals surface area contributed by atoms with Gasteiger partial charge in [-0.15, -0.1) is 0 Å². The minimum atomic E-state index is -3.39. The van der Waals surface area contributed by atoms with Crippen molar-refractivity contribution in [2.45, 2.75) is 25.3 Å². The van der Waals surface area contributed by atoms with E-state index in [2.05, 4.69) is 18.9 Å². The molecule has 1 aliphatic heterocycles. The van der Waals surface area contributed by atoms with Crippen LogP contribution in [-0.2, 0) is 16.6 Å². The number of aromatic nitrogens is 2. The fraction of sp³-hybridized carbons (Fsp3) is 0.727. The van der Waals surface area contributed by atoms with Gasteiger partial charge in [-0.3, -0.25) is 4.68 Å². The molecule has 2 atom stereocenters. The lowest BCUT2D eigenvalue weighted by molar-refractivity contribution is 0.463. The Balaban J connectivity index is 2.20. The van der Waals surface area contributed by atoms with Gasteiger partial charge in [-0.2, -0.15) is 9.40 Å². The Morgan fingerprint density at radius 1 is 1.39 bits per heavy atom. The Morgan fingerprint density at radius 2 is 2.00 bits per heavy atom. The summed E-state index contributed by atoms with van der Waals surface area (Å²) in [5, 5.41) is 4.01. The maximum atomic E-state index is 12.4. The summed E-state index contributed by atoms with van der Waals surface area (Å²) in [6.07, 6.45) is 2.95. The van der Waals surface area contributed by atoms with Crippen LogP contribution in [0.2, 0.25) is 0 Å². The average Bonchev–Trinajstić information content (AvgIpc) is 2.88. The largest absolute Gasteiger partial charge is 0.329 e. The van der Waals surface area contributed by atoms with Crippen molar-refractivity contribution in [2.75, 3.05) is 19.6 Å². The van der Waals surface area contributed by atoms with Crippen LogP contribution in [0.15, 0.2) is 17.3 Å². The Hall–Kier alpha value is -0.920. The monoisotopic (exact) mass is 272 g/mol. The SMILES string of the molecule is CC1CN(S(=O)(=O)c2cnn(CCN)c2)CC1C. The first-order valence-corrected chi connectivity index (χ1v) is 7.62. The van der Waals surface area contributed by atoms with Crippen LogP contribution < -0.4 is 5.73 Å². The molecule has 0 radical (unpaired) electrons.